The van der Waals surface area contributed by atoms with Crippen LogP contribution in [0, 0.1) is 5.92 Å². The minimum absolute atomic E-state index is 0.658. The van der Waals surface area contributed by atoms with E-state index in [1.165, 1.54) is 69.4 Å². The summed E-state index contributed by atoms with van der Waals surface area (Å²) in [5.41, 5.74) is 3.99. The van der Waals surface area contributed by atoms with Gasteiger partial charge in [-0.25, -0.2) is 0 Å². The van der Waals surface area contributed by atoms with Crippen LogP contribution in [0.4, 0.5) is 0 Å². The summed E-state index contributed by atoms with van der Waals surface area (Å²) in [7, 11) is 2.17. The molecule has 2 bridgehead atoms. The minimum atomic E-state index is 0.658. The molecule has 1 saturated carbocycles. The molecule has 2 aromatic rings. The molecule has 29 heavy (non-hydrogen) atoms. The van der Waals surface area contributed by atoms with Gasteiger partial charge >= 0.3 is 0 Å². The highest BCUT2D eigenvalue weighted by molar-refractivity contribution is 5.21. The Balaban J connectivity index is 1.21. The Bertz CT molecular complexity index is 795. The molecule has 0 spiro atoms. The van der Waals surface area contributed by atoms with Gasteiger partial charge in [0.2, 0.25) is 0 Å². The van der Waals surface area contributed by atoms with Gasteiger partial charge in [0, 0.05) is 56.5 Å². The number of pyridine rings is 1. The number of nitrogens with zero attached hydrogens (tertiary/aromatic N) is 4. The summed E-state index contributed by atoms with van der Waals surface area (Å²) in [6.07, 6.45) is 11.4. The molecule has 6 rings (SSSR count). The predicted octanol–water partition coefficient (Wildman–Crippen LogP) is 3.83. The lowest BCUT2D eigenvalue weighted by molar-refractivity contribution is 0.0281. The second-order valence-electron chi connectivity index (χ2n) is 9.44. The monoisotopic (exact) mass is 393 g/mol. The van der Waals surface area contributed by atoms with Crippen molar-refractivity contribution in [3.63, 3.8) is 0 Å². The number of hydrogen-bond donors (Lipinski definition) is 1. The number of piperidine rings is 3. The topological polar surface area (TPSA) is 46.0 Å². The Morgan fingerprint density at radius 2 is 2.03 bits per heavy atom. The average molecular weight is 394 g/mol. The SMILES string of the molecule is Cn1nc(C2CCCCC2)cc1[C@@H]1CN2CC[C@H]1C[C@@H]2CNCc1ccccn1. The molecule has 3 aliphatic heterocycles. The Morgan fingerprint density at radius 3 is 2.79 bits per heavy atom. The minimum Gasteiger partial charge on any atom is -0.310 e. The van der Waals surface area contributed by atoms with Crippen molar-refractivity contribution < 1.29 is 0 Å². The third-order valence-electron chi connectivity index (χ3n) is 7.63. The van der Waals surface area contributed by atoms with Crippen LogP contribution in [-0.2, 0) is 13.6 Å². The Labute approximate surface area is 174 Å². The van der Waals surface area contributed by atoms with E-state index in [2.05, 4.69) is 45.1 Å². The average Bonchev–Trinajstić information content (AvgIpc) is 3.17. The van der Waals surface area contributed by atoms with Gasteiger partial charge in [-0.2, -0.15) is 5.10 Å². The summed E-state index contributed by atoms with van der Waals surface area (Å²) in [5, 5.41) is 8.62. The summed E-state index contributed by atoms with van der Waals surface area (Å²) < 4.78 is 2.21. The van der Waals surface area contributed by atoms with Crippen LogP contribution in [0.3, 0.4) is 0 Å². The molecule has 5 heterocycles. The fourth-order valence-corrected chi connectivity index (χ4v) is 6.00. The maximum atomic E-state index is 4.97. The number of aryl methyl sites for hydroxylation is 1. The van der Waals surface area contributed by atoms with Gasteiger partial charge in [0.15, 0.2) is 0 Å². The first-order valence-electron chi connectivity index (χ1n) is 11.7. The largest absolute Gasteiger partial charge is 0.310 e. The molecule has 4 atom stereocenters. The van der Waals surface area contributed by atoms with E-state index in [9.17, 15) is 0 Å². The van der Waals surface area contributed by atoms with Gasteiger partial charge in [-0.3, -0.25) is 14.6 Å². The maximum Gasteiger partial charge on any atom is 0.0658 e. The first-order valence-corrected chi connectivity index (χ1v) is 11.7. The van der Waals surface area contributed by atoms with Crippen LogP contribution < -0.4 is 5.32 Å². The molecule has 2 aromatic heterocycles. The first kappa shape index (κ1) is 19.3. The summed E-state index contributed by atoms with van der Waals surface area (Å²) >= 11 is 0. The van der Waals surface area contributed by atoms with Crippen LogP contribution in [-0.4, -0.2) is 45.3 Å². The second-order valence-corrected chi connectivity index (χ2v) is 9.44. The van der Waals surface area contributed by atoms with Crippen molar-refractivity contribution in [3.05, 3.63) is 47.5 Å². The summed E-state index contributed by atoms with van der Waals surface area (Å²) in [6.45, 7) is 4.39. The van der Waals surface area contributed by atoms with Gasteiger partial charge in [-0.05, 0) is 56.3 Å². The standard InChI is InChI=1S/C24H35N5/c1-28-24(14-23(27-28)18-7-3-2-4-8-18)22-17-29-12-10-19(22)13-21(29)16-25-15-20-9-5-6-11-26-20/h5-6,9,11,14,18-19,21-22,25H,2-4,7-8,10,12-13,15-17H2,1H3/t19-,21+,22+/m0/s1. The number of aromatic nitrogens is 3. The van der Waals surface area contributed by atoms with E-state index in [-0.39, 0.29) is 0 Å². The third kappa shape index (κ3) is 4.13. The normalized spacial score (nSPS) is 30.0. The molecule has 0 aromatic carbocycles. The van der Waals surface area contributed by atoms with E-state index in [0.29, 0.717) is 17.9 Å². The lowest BCUT2D eigenvalue weighted by atomic mass is 9.74. The van der Waals surface area contributed by atoms with Crippen LogP contribution in [0.5, 0.6) is 0 Å². The van der Waals surface area contributed by atoms with E-state index in [4.69, 9.17) is 5.10 Å². The quantitative estimate of drug-likeness (QED) is 0.810. The third-order valence-corrected chi connectivity index (χ3v) is 7.63. The number of fused-ring (bicyclic) bond motifs is 3. The predicted molar refractivity (Wildman–Crippen MR) is 116 cm³/mol. The van der Waals surface area contributed by atoms with Crippen LogP contribution in [0.15, 0.2) is 30.5 Å². The van der Waals surface area contributed by atoms with Gasteiger partial charge in [0.05, 0.1) is 11.4 Å². The van der Waals surface area contributed by atoms with Crippen molar-refractivity contribution in [1.29, 1.82) is 0 Å². The second kappa shape index (κ2) is 8.57. The highest BCUT2D eigenvalue weighted by atomic mass is 15.3. The van der Waals surface area contributed by atoms with E-state index < -0.39 is 0 Å². The smallest absolute Gasteiger partial charge is 0.0658 e. The van der Waals surface area contributed by atoms with Gasteiger partial charge < -0.3 is 5.32 Å². The van der Waals surface area contributed by atoms with Gasteiger partial charge in [-0.1, -0.05) is 25.3 Å². The zero-order valence-corrected chi connectivity index (χ0v) is 17.8. The number of rotatable bonds is 6. The number of nitrogens with one attached hydrogen (secondary N) is 1. The molecule has 0 amide bonds. The molecular formula is C24H35N5. The fourth-order valence-electron chi connectivity index (χ4n) is 6.00. The molecule has 0 radical (unpaired) electrons. The lowest BCUT2D eigenvalue weighted by Gasteiger charge is -2.50. The van der Waals surface area contributed by atoms with Crippen molar-refractivity contribution >= 4 is 0 Å². The molecule has 1 aliphatic carbocycles. The fraction of sp³-hybridized carbons (Fsp3) is 0.667. The van der Waals surface area contributed by atoms with Crippen LogP contribution in [0.25, 0.3) is 0 Å². The van der Waals surface area contributed by atoms with Gasteiger partial charge in [0.25, 0.3) is 0 Å². The summed E-state index contributed by atoms with van der Waals surface area (Å²) in [6, 6.07) is 9.28. The van der Waals surface area contributed by atoms with Crippen molar-refractivity contribution in [1.82, 2.24) is 25.0 Å². The zero-order valence-electron chi connectivity index (χ0n) is 17.8. The van der Waals surface area contributed by atoms with Gasteiger partial charge in [0.1, 0.15) is 0 Å². The summed E-state index contributed by atoms with van der Waals surface area (Å²) in [4.78, 5) is 7.15. The van der Waals surface area contributed by atoms with Crippen LogP contribution in [0.2, 0.25) is 0 Å². The molecule has 5 heteroatoms. The molecule has 4 aliphatic rings. The van der Waals surface area contributed by atoms with Gasteiger partial charge in [-0.15, -0.1) is 0 Å². The maximum absolute atomic E-state index is 4.97. The molecule has 1 unspecified atom stereocenters. The molecule has 3 saturated heterocycles. The Morgan fingerprint density at radius 1 is 1.14 bits per heavy atom. The van der Waals surface area contributed by atoms with E-state index >= 15 is 0 Å². The van der Waals surface area contributed by atoms with Crippen molar-refractivity contribution in [2.24, 2.45) is 13.0 Å². The lowest BCUT2D eigenvalue weighted by Crippen LogP contribution is -2.55. The van der Waals surface area contributed by atoms with Crippen LogP contribution in [0.1, 0.15) is 73.9 Å². The Hall–Kier alpha value is -1.72. The first-order chi connectivity index (χ1) is 14.3. The molecule has 4 fully saturated rings. The molecule has 5 nitrogen and oxygen atoms in total. The van der Waals surface area contributed by atoms with E-state index in [1.807, 2.05) is 12.3 Å². The Kier molecular flexibility index (Phi) is 5.69. The zero-order chi connectivity index (χ0) is 19.6. The van der Waals surface area contributed by atoms with E-state index in [0.717, 1.165) is 24.7 Å². The summed E-state index contributed by atoms with van der Waals surface area (Å²) in [5.74, 6) is 2.16. The number of hydrogen-bond acceptors (Lipinski definition) is 4. The molecular weight excluding hydrogens is 358 g/mol. The highest BCUT2D eigenvalue weighted by Crippen LogP contribution is 2.42. The van der Waals surface area contributed by atoms with Crippen molar-refractivity contribution in [3.8, 4) is 0 Å². The van der Waals surface area contributed by atoms with E-state index in [1.54, 1.807) is 0 Å². The van der Waals surface area contributed by atoms with Crippen LogP contribution >= 0.6 is 0 Å². The van der Waals surface area contributed by atoms with Crippen molar-refractivity contribution in [2.75, 3.05) is 19.6 Å². The molecule has 156 valence electrons. The molecule has 1 N–H and O–H groups in total. The van der Waals surface area contributed by atoms with Crippen molar-refractivity contribution in [2.45, 2.75) is 69.4 Å². The highest BCUT2D eigenvalue weighted by Gasteiger charge is 2.41.